The van der Waals surface area contributed by atoms with E-state index >= 15 is 0 Å². The van der Waals surface area contributed by atoms with E-state index < -0.39 is 5.91 Å². The highest BCUT2D eigenvalue weighted by molar-refractivity contribution is 7.13. The summed E-state index contributed by atoms with van der Waals surface area (Å²) >= 11 is 1.46. The van der Waals surface area contributed by atoms with E-state index in [0.29, 0.717) is 5.82 Å². The van der Waals surface area contributed by atoms with Gasteiger partial charge >= 0.3 is 11.8 Å². The van der Waals surface area contributed by atoms with Crippen molar-refractivity contribution in [1.29, 1.82) is 0 Å². The number of hydrogen-bond acceptors (Lipinski definition) is 5. The normalized spacial score (nSPS) is 10.2. The van der Waals surface area contributed by atoms with E-state index in [2.05, 4.69) is 14.7 Å². The molecule has 2 aromatic heterocycles. The van der Waals surface area contributed by atoms with Crippen LogP contribution in [0.5, 0.6) is 0 Å². The quantitative estimate of drug-likeness (QED) is 0.771. The predicted octanol–water partition coefficient (Wildman–Crippen LogP) is 0.897. The van der Waals surface area contributed by atoms with Crippen LogP contribution in [-0.4, -0.2) is 16.0 Å². The molecule has 0 fully saturated rings. The minimum atomic E-state index is -0.713. The first kappa shape index (κ1) is 7.93. The average Bonchev–Trinajstić information content (AvgIpc) is 2.75. The Labute approximate surface area is 77.2 Å². The number of carbonyl (C=O) groups is 1. The SMILES string of the molecule is NC(=O)c1nc(-c2cccs2)no1. The topological polar surface area (TPSA) is 82.0 Å². The van der Waals surface area contributed by atoms with Crippen LogP contribution in [0.2, 0.25) is 0 Å². The maximum Gasteiger partial charge on any atom is 0.316 e. The Bertz CT molecular complexity index is 421. The minimum absolute atomic E-state index is 0.164. The highest BCUT2D eigenvalue weighted by Gasteiger charge is 2.12. The van der Waals surface area contributed by atoms with Gasteiger partial charge in [-0.15, -0.1) is 11.3 Å². The molecule has 0 aliphatic rings. The van der Waals surface area contributed by atoms with Gasteiger partial charge in [0.15, 0.2) is 0 Å². The van der Waals surface area contributed by atoms with Crippen LogP contribution < -0.4 is 5.73 Å². The number of hydrogen-bond donors (Lipinski definition) is 1. The lowest BCUT2D eigenvalue weighted by atomic mass is 10.4. The van der Waals surface area contributed by atoms with Crippen LogP contribution in [0.3, 0.4) is 0 Å². The number of thiophene rings is 1. The summed E-state index contributed by atoms with van der Waals surface area (Å²) in [6, 6.07) is 3.70. The molecule has 2 heterocycles. The number of carbonyl (C=O) groups excluding carboxylic acids is 1. The van der Waals surface area contributed by atoms with Crippen molar-refractivity contribution in [2.45, 2.75) is 0 Å². The lowest BCUT2D eigenvalue weighted by Gasteiger charge is -1.81. The van der Waals surface area contributed by atoms with Gasteiger partial charge < -0.3 is 10.3 Å². The fourth-order valence-corrected chi connectivity index (χ4v) is 1.48. The summed E-state index contributed by atoms with van der Waals surface area (Å²) in [5, 5.41) is 5.49. The molecule has 13 heavy (non-hydrogen) atoms. The second-order valence-electron chi connectivity index (χ2n) is 2.26. The summed E-state index contributed by atoms with van der Waals surface area (Å²) in [6.07, 6.45) is 0. The van der Waals surface area contributed by atoms with E-state index in [1.807, 2.05) is 17.5 Å². The molecule has 6 heteroatoms. The highest BCUT2D eigenvalue weighted by Crippen LogP contribution is 2.20. The number of amides is 1. The summed E-state index contributed by atoms with van der Waals surface area (Å²) in [4.78, 5) is 15.3. The number of nitrogens with zero attached hydrogens (tertiary/aromatic N) is 2. The molecular weight excluding hydrogens is 190 g/mol. The van der Waals surface area contributed by atoms with Crippen molar-refractivity contribution < 1.29 is 9.32 Å². The van der Waals surface area contributed by atoms with Crippen LogP contribution in [0.25, 0.3) is 10.7 Å². The van der Waals surface area contributed by atoms with Gasteiger partial charge in [-0.25, -0.2) is 0 Å². The third-order valence-corrected chi connectivity index (χ3v) is 2.24. The molecule has 0 spiro atoms. The largest absolute Gasteiger partial charge is 0.361 e. The summed E-state index contributed by atoms with van der Waals surface area (Å²) < 4.78 is 4.62. The van der Waals surface area contributed by atoms with E-state index in [0.717, 1.165) is 4.88 Å². The summed E-state index contributed by atoms with van der Waals surface area (Å²) in [5.74, 6) is -0.484. The molecule has 0 saturated heterocycles. The van der Waals surface area contributed by atoms with E-state index in [9.17, 15) is 4.79 Å². The van der Waals surface area contributed by atoms with Gasteiger partial charge in [0.2, 0.25) is 5.82 Å². The fourth-order valence-electron chi connectivity index (χ4n) is 0.829. The van der Waals surface area contributed by atoms with Crippen molar-refractivity contribution >= 4 is 17.2 Å². The van der Waals surface area contributed by atoms with Gasteiger partial charge in [-0.2, -0.15) is 4.98 Å². The number of primary amides is 1. The molecule has 0 saturated carbocycles. The van der Waals surface area contributed by atoms with Crippen LogP contribution in [-0.2, 0) is 0 Å². The van der Waals surface area contributed by atoms with E-state index in [-0.39, 0.29) is 5.89 Å². The molecule has 66 valence electrons. The molecule has 0 aliphatic carbocycles. The molecule has 0 unspecified atom stereocenters. The second-order valence-corrected chi connectivity index (χ2v) is 3.21. The predicted molar refractivity (Wildman–Crippen MR) is 46.1 cm³/mol. The Morgan fingerprint density at radius 3 is 3.00 bits per heavy atom. The molecule has 0 atom stereocenters. The molecule has 2 aromatic rings. The maximum absolute atomic E-state index is 10.6. The molecule has 1 amide bonds. The van der Waals surface area contributed by atoms with Crippen molar-refractivity contribution in [2.75, 3.05) is 0 Å². The van der Waals surface area contributed by atoms with Gasteiger partial charge in [-0.1, -0.05) is 11.2 Å². The van der Waals surface area contributed by atoms with E-state index in [4.69, 9.17) is 5.73 Å². The molecule has 0 aromatic carbocycles. The van der Waals surface area contributed by atoms with Gasteiger partial charge in [-0.05, 0) is 11.4 Å². The zero-order valence-corrected chi connectivity index (χ0v) is 7.25. The molecule has 2 rings (SSSR count). The Morgan fingerprint density at radius 2 is 2.46 bits per heavy atom. The maximum atomic E-state index is 10.6. The van der Waals surface area contributed by atoms with Gasteiger partial charge in [0.25, 0.3) is 0 Å². The van der Waals surface area contributed by atoms with Crippen molar-refractivity contribution in [3.8, 4) is 10.7 Å². The first-order valence-corrected chi connectivity index (χ1v) is 4.33. The van der Waals surface area contributed by atoms with Gasteiger partial charge in [-0.3, -0.25) is 4.79 Å². The summed E-state index contributed by atoms with van der Waals surface area (Å²) in [7, 11) is 0. The van der Waals surface area contributed by atoms with Crippen molar-refractivity contribution in [2.24, 2.45) is 5.73 Å². The summed E-state index contributed by atoms with van der Waals surface area (Å²) in [6.45, 7) is 0. The zero-order chi connectivity index (χ0) is 9.26. The highest BCUT2D eigenvalue weighted by atomic mass is 32.1. The van der Waals surface area contributed by atoms with E-state index in [1.54, 1.807) is 0 Å². The number of rotatable bonds is 2. The second kappa shape index (κ2) is 2.98. The molecule has 2 N–H and O–H groups in total. The molecular formula is C7H5N3O2S. The monoisotopic (exact) mass is 195 g/mol. The lowest BCUT2D eigenvalue weighted by Crippen LogP contribution is -2.10. The molecule has 0 aliphatic heterocycles. The smallest absolute Gasteiger partial charge is 0.316 e. The van der Waals surface area contributed by atoms with Crippen LogP contribution >= 0.6 is 11.3 Å². The molecule has 0 bridgehead atoms. The number of aromatic nitrogens is 2. The van der Waals surface area contributed by atoms with Crippen molar-refractivity contribution in [3.05, 3.63) is 23.4 Å². The average molecular weight is 195 g/mol. The molecule has 5 nitrogen and oxygen atoms in total. The Balaban J connectivity index is 2.39. The standard InChI is InChI=1S/C7H5N3O2S/c8-5(11)7-9-6(10-12-7)4-2-1-3-13-4/h1-3H,(H2,8,11). The first-order valence-electron chi connectivity index (χ1n) is 3.45. The lowest BCUT2D eigenvalue weighted by molar-refractivity contribution is 0.0958. The van der Waals surface area contributed by atoms with Gasteiger partial charge in [0.1, 0.15) is 0 Å². The third-order valence-electron chi connectivity index (χ3n) is 1.38. The molecule has 0 radical (unpaired) electrons. The minimum Gasteiger partial charge on any atom is -0.361 e. The van der Waals surface area contributed by atoms with E-state index in [1.165, 1.54) is 11.3 Å². The fraction of sp³-hybridized carbons (Fsp3) is 0. The Kier molecular flexibility index (Phi) is 1.82. The zero-order valence-electron chi connectivity index (χ0n) is 6.43. The van der Waals surface area contributed by atoms with Crippen LogP contribution in [0.15, 0.2) is 22.0 Å². The summed E-state index contributed by atoms with van der Waals surface area (Å²) in [5.41, 5.74) is 4.95. The number of nitrogens with two attached hydrogens (primary N) is 1. The first-order chi connectivity index (χ1) is 6.27. The van der Waals surface area contributed by atoms with Crippen LogP contribution in [0, 0.1) is 0 Å². The Hall–Kier alpha value is -1.69. The van der Waals surface area contributed by atoms with Crippen molar-refractivity contribution in [3.63, 3.8) is 0 Å². The Morgan fingerprint density at radius 1 is 1.62 bits per heavy atom. The third kappa shape index (κ3) is 1.43. The van der Waals surface area contributed by atoms with Crippen LogP contribution in [0.4, 0.5) is 0 Å². The van der Waals surface area contributed by atoms with Crippen molar-refractivity contribution in [1.82, 2.24) is 10.1 Å². The van der Waals surface area contributed by atoms with Crippen LogP contribution in [0.1, 0.15) is 10.7 Å². The van der Waals surface area contributed by atoms with Gasteiger partial charge in [0, 0.05) is 0 Å². The van der Waals surface area contributed by atoms with Gasteiger partial charge in [0.05, 0.1) is 4.88 Å².